The zero-order chi connectivity index (χ0) is 24.0. The number of nitrogens with one attached hydrogen (secondary N) is 1. The van der Waals surface area contributed by atoms with E-state index in [1.54, 1.807) is 18.9 Å². The van der Waals surface area contributed by atoms with Gasteiger partial charge < -0.3 is 19.4 Å². The lowest BCUT2D eigenvalue weighted by atomic mass is 10.1. The molecule has 0 atom stereocenters. The average Bonchev–Trinajstić information content (AvgIpc) is 3.09. The van der Waals surface area contributed by atoms with E-state index in [0.717, 1.165) is 33.7 Å². The van der Waals surface area contributed by atoms with Crippen molar-refractivity contribution in [3.8, 4) is 5.75 Å². The van der Waals surface area contributed by atoms with Crippen LogP contribution in [0.15, 0.2) is 48.5 Å². The number of ether oxygens (including phenoxy) is 2. The number of amides is 1. The molecule has 0 spiro atoms. The van der Waals surface area contributed by atoms with Crippen molar-refractivity contribution < 1.29 is 19.1 Å². The van der Waals surface area contributed by atoms with Crippen LogP contribution in [0.3, 0.4) is 0 Å². The van der Waals surface area contributed by atoms with Gasteiger partial charge in [0.15, 0.2) is 0 Å². The summed E-state index contributed by atoms with van der Waals surface area (Å²) in [6, 6.07) is 14.9. The van der Waals surface area contributed by atoms with E-state index in [1.165, 1.54) is 0 Å². The third kappa shape index (κ3) is 5.96. The van der Waals surface area contributed by atoms with Crippen LogP contribution >= 0.6 is 11.6 Å². The number of methoxy groups -OCH3 is 1. The number of H-pyrrole nitrogens is 1. The molecule has 1 N–H and O–H groups in total. The maximum atomic E-state index is 13.4. The number of aromatic nitrogens is 1. The fraction of sp³-hybridized carbons (Fsp3) is 0.308. The van der Waals surface area contributed by atoms with Crippen LogP contribution in [-0.4, -0.2) is 35.5 Å². The largest absolute Gasteiger partial charge is 0.497 e. The highest BCUT2D eigenvalue weighted by molar-refractivity contribution is 6.31. The quantitative estimate of drug-likeness (QED) is 0.436. The van der Waals surface area contributed by atoms with Crippen molar-refractivity contribution in [1.82, 2.24) is 9.88 Å². The van der Waals surface area contributed by atoms with Crippen LogP contribution < -0.4 is 4.74 Å². The lowest BCUT2D eigenvalue weighted by Gasteiger charge is -2.24. The molecule has 0 saturated heterocycles. The van der Waals surface area contributed by atoms with Crippen LogP contribution in [0.2, 0.25) is 5.02 Å². The van der Waals surface area contributed by atoms with Gasteiger partial charge in [0.25, 0.3) is 0 Å². The molecule has 2 aromatic carbocycles. The Bertz CT molecular complexity index is 1120. The van der Waals surface area contributed by atoms with E-state index in [-0.39, 0.29) is 12.3 Å². The summed E-state index contributed by atoms with van der Waals surface area (Å²) >= 11 is 6.39. The van der Waals surface area contributed by atoms with Crippen LogP contribution in [0.4, 0.5) is 0 Å². The molecular weight excluding hydrogens is 440 g/mol. The number of hydrogen-bond acceptors (Lipinski definition) is 4. The number of hydrogen-bond donors (Lipinski definition) is 1. The molecule has 0 aliphatic carbocycles. The monoisotopic (exact) mass is 468 g/mol. The van der Waals surface area contributed by atoms with Gasteiger partial charge in [-0.1, -0.05) is 41.9 Å². The summed E-state index contributed by atoms with van der Waals surface area (Å²) in [5.74, 6) is 0.300. The van der Waals surface area contributed by atoms with Crippen LogP contribution in [0, 0.1) is 13.8 Å². The van der Waals surface area contributed by atoms with Crippen LogP contribution in [0.5, 0.6) is 5.75 Å². The fourth-order valence-corrected chi connectivity index (χ4v) is 3.91. The third-order valence-electron chi connectivity index (χ3n) is 5.61. The van der Waals surface area contributed by atoms with Gasteiger partial charge in [-0.25, -0.2) is 4.79 Å². The van der Waals surface area contributed by atoms with E-state index in [0.29, 0.717) is 30.4 Å². The molecule has 0 aliphatic heterocycles. The highest BCUT2D eigenvalue weighted by atomic mass is 35.5. The highest BCUT2D eigenvalue weighted by Gasteiger charge is 2.23. The van der Waals surface area contributed by atoms with Crippen LogP contribution in [0.1, 0.15) is 45.4 Å². The van der Waals surface area contributed by atoms with Gasteiger partial charge in [0.1, 0.15) is 11.4 Å². The van der Waals surface area contributed by atoms with Gasteiger partial charge in [-0.3, -0.25) is 4.79 Å². The Labute approximate surface area is 199 Å². The molecule has 0 aliphatic rings. The normalized spacial score (nSPS) is 10.7. The molecule has 0 bridgehead atoms. The fourth-order valence-electron chi connectivity index (χ4n) is 3.72. The first-order valence-corrected chi connectivity index (χ1v) is 11.2. The summed E-state index contributed by atoms with van der Waals surface area (Å²) in [5, 5.41) is 0.606. The molecule has 7 heteroatoms. The number of carbonyl (C=O) groups is 2. The number of rotatable bonds is 9. The Balaban J connectivity index is 1.89. The van der Waals surface area contributed by atoms with Gasteiger partial charge in [-0.2, -0.15) is 0 Å². The minimum Gasteiger partial charge on any atom is -0.497 e. The first kappa shape index (κ1) is 24.4. The number of halogens is 1. The second-order valence-corrected chi connectivity index (χ2v) is 8.22. The Morgan fingerprint density at radius 2 is 1.73 bits per heavy atom. The zero-order valence-corrected chi connectivity index (χ0v) is 20.2. The second-order valence-electron chi connectivity index (χ2n) is 7.82. The lowest BCUT2D eigenvalue weighted by Crippen LogP contribution is -2.32. The lowest BCUT2D eigenvalue weighted by molar-refractivity contribution is -0.131. The van der Waals surface area contributed by atoms with Crippen molar-refractivity contribution in [3.05, 3.63) is 87.2 Å². The molecule has 6 nitrogen and oxygen atoms in total. The molecule has 3 rings (SSSR count). The van der Waals surface area contributed by atoms with Crippen LogP contribution in [-0.2, 0) is 29.0 Å². The molecule has 3 aromatic rings. The number of esters is 1. The third-order valence-corrected chi connectivity index (χ3v) is 5.98. The van der Waals surface area contributed by atoms with Crippen LogP contribution in [0.25, 0.3) is 0 Å². The molecule has 0 fully saturated rings. The average molecular weight is 469 g/mol. The number of aryl methyl sites for hydroxylation is 1. The summed E-state index contributed by atoms with van der Waals surface area (Å²) in [6.07, 6.45) is 0.238. The van der Waals surface area contributed by atoms with E-state index in [4.69, 9.17) is 21.1 Å². The SMILES string of the molecule is CCOC(=O)c1[nH]c(C)c(CN(Cc2ccccc2Cl)C(=O)Cc2ccc(OC)cc2)c1C. The van der Waals surface area contributed by atoms with Crippen molar-refractivity contribution >= 4 is 23.5 Å². The zero-order valence-electron chi connectivity index (χ0n) is 19.4. The number of nitrogens with zero attached hydrogens (tertiary/aromatic N) is 1. The summed E-state index contributed by atoms with van der Waals surface area (Å²) < 4.78 is 10.4. The number of carbonyl (C=O) groups excluding carboxylic acids is 2. The summed E-state index contributed by atoms with van der Waals surface area (Å²) in [5.41, 5.74) is 4.68. The molecule has 174 valence electrons. The molecule has 0 unspecified atom stereocenters. The van der Waals surface area contributed by atoms with Crippen molar-refractivity contribution in [2.24, 2.45) is 0 Å². The maximum Gasteiger partial charge on any atom is 0.355 e. The number of benzene rings is 2. The van der Waals surface area contributed by atoms with Gasteiger partial charge in [0, 0.05) is 23.8 Å². The van der Waals surface area contributed by atoms with Crippen molar-refractivity contribution in [2.45, 2.75) is 40.3 Å². The predicted molar refractivity (Wildman–Crippen MR) is 129 cm³/mol. The molecule has 1 heterocycles. The number of aromatic amines is 1. The Kier molecular flexibility index (Phi) is 8.17. The molecule has 0 radical (unpaired) electrons. The van der Waals surface area contributed by atoms with E-state index < -0.39 is 5.97 Å². The van der Waals surface area contributed by atoms with E-state index in [2.05, 4.69) is 4.98 Å². The van der Waals surface area contributed by atoms with E-state index >= 15 is 0 Å². The van der Waals surface area contributed by atoms with Gasteiger partial charge in [0.05, 0.1) is 20.1 Å². The molecule has 1 aromatic heterocycles. The van der Waals surface area contributed by atoms with Crippen molar-refractivity contribution in [2.75, 3.05) is 13.7 Å². The topological polar surface area (TPSA) is 71.6 Å². The van der Waals surface area contributed by atoms with E-state index in [1.807, 2.05) is 62.4 Å². The van der Waals surface area contributed by atoms with Crippen molar-refractivity contribution in [1.29, 1.82) is 0 Å². The minimum absolute atomic E-state index is 0.0437. The predicted octanol–water partition coefficient (Wildman–Crippen LogP) is 5.24. The Morgan fingerprint density at radius 1 is 1.03 bits per heavy atom. The van der Waals surface area contributed by atoms with Gasteiger partial charge >= 0.3 is 5.97 Å². The van der Waals surface area contributed by atoms with Gasteiger partial charge in [0.2, 0.25) is 5.91 Å². The maximum absolute atomic E-state index is 13.4. The van der Waals surface area contributed by atoms with Gasteiger partial charge in [-0.15, -0.1) is 0 Å². The Morgan fingerprint density at radius 3 is 2.36 bits per heavy atom. The second kappa shape index (κ2) is 11.1. The first-order valence-electron chi connectivity index (χ1n) is 10.8. The molecule has 0 saturated carbocycles. The van der Waals surface area contributed by atoms with E-state index in [9.17, 15) is 9.59 Å². The summed E-state index contributed by atoms with van der Waals surface area (Å²) in [6.45, 7) is 6.53. The Hall–Kier alpha value is -3.25. The highest BCUT2D eigenvalue weighted by Crippen LogP contribution is 2.24. The molecular formula is C26H29ClN2O4. The molecule has 33 heavy (non-hydrogen) atoms. The van der Waals surface area contributed by atoms with Gasteiger partial charge in [-0.05, 0) is 61.2 Å². The summed E-state index contributed by atoms with van der Waals surface area (Å²) in [4.78, 5) is 30.6. The van der Waals surface area contributed by atoms with Crippen molar-refractivity contribution in [3.63, 3.8) is 0 Å². The minimum atomic E-state index is -0.397. The smallest absolute Gasteiger partial charge is 0.355 e. The first-order chi connectivity index (χ1) is 15.8. The standard InChI is InChI=1S/C26H29ClN2O4/c1-5-33-26(31)25-17(2)22(18(3)28-25)16-29(15-20-8-6-7-9-23(20)27)24(30)14-19-10-12-21(32-4)13-11-19/h6-13,28H,5,14-16H2,1-4H3. The molecule has 1 amide bonds. The summed E-state index contributed by atoms with van der Waals surface area (Å²) in [7, 11) is 1.61.